The minimum absolute atomic E-state index is 0.853. The molecule has 0 aromatic rings. The number of nitrogens with zero attached hydrogens (tertiary/aromatic N) is 1. The summed E-state index contributed by atoms with van der Waals surface area (Å²) in [4.78, 5) is 0. The molecule has 0 spiro atoms. The van der Waals surface area contributed by atoms with Crippen molar-refractivity contribution < 1.29 is 4.48 Å². The fraction of sp³-hybridized carbons (Fsp3) is 0.818. The average molecular weight is 168 g/mol. The first-order valence-electron chi connectivity index (χ1n) is 4.88. The van der Waals surface area contributed by atoms with Crippen LogP contribution in [0.5, 0.6) is 0 Å². The van der Waals surface area contributed by atoms with Gasteiger partial charge in [-0.05, 0) is 18.8 Å². The molecule has 0 fully saturated rings. The lowest BCUT2D eigenvalue weighted by Gasteiger charge is -2.27. The number of hydrogen-bond donors (Lipinski definition) is 0. The summed E-state index contributed by atoms with van der Waals surface area (Å²) in [6, 6.07) is 0. The summed E-state index contributed by atoms with van der Waals surface area (Å²) < 4.78 is 0.972. The monoisotopic (exact) mass is 168 g/mol. The number of terminal acetylenes is 1. The van der Waals surface area contributed by atoms with Crippen LogP contribution in [0.3, 0.4) is 0 Å². The molecule has 0 heterocycles. The van der Waals surface area contributed by atoms with E-state index in [1.807, 2.05) is 0 Å². The van der Waals surface area contributed by atoms with Crippen molar-refractivity contribution in [2.24, 2.45) is 0 Å². The van der Waals surface area contributed by atoms with E-state index in [1.165, 1.54) is 32.2 Å². The molecule has 0 amide bonds. The summed E-state index contributed by atoms with van der Waals surface area (Å²) in [5.41, 5.74) is 0. The molecule has 0 aromatic carbocycles. The normalized spacial score (nSPS) is 11.2. The van der Waals surface area contributed by atoms with Crippen LogP contribution in [0.4, 0.5) is 0 Å². The van der Waals surface area contributed by atoms with Gasteiger partial charge in [0.15, 0.2) is 0 Å². The first kappa shape index (κ1) is 11.5. The maximum absolute atomic E-state index is 5.28. The number of quaternary nitrogens is 1. The Morgan fingerprint density at radius 3 is 2.33 bits per heavy atom. The molecule has 1 heteroatoms. The van der Waals surface area contributed by atoms with Crippen molar-refractivity contribution >= 4 is 0 Å². The van der Waals surface area contributed by atoms with Gasteiger partial charge in [-0.25, -0.2) is 0 Å². The lowest BCUT2D eigenvalue weighted by atomic mass is 10.2. The van der Waals surface area contributed by atoms with Gasteiger partial charge in [-0.1, -0.05) is 19.8 Å². The highest BCUT2D eigenvalue weighted by Crippen LogP contribution is 2.04. The fourth-order valence-electron chi connectivity index (χ4n) is 1.29. The highest BCUT2D eigenvalue weighted by atomic mass is 15.3. The summed E-state index contributed by atoms with van der Waals surface area (Å²) in [7, 11) is 4.40. The van der Waals surface area contributed by atoms with Crippen molar-refractivity contribution in [2.75, 3.05) is 27.2 Å². The van der Waals surface area contributed by atoms with E-state index in [4.69, 9.17) is 6.42 Å². The second-order valence-electron chi connectivity index (χ2n) is 4.08. The van der Waals surface area contributed by atoms with E-state index in [1.54, 1.807) is 0 Å². The maximum Gasteiger partial charge on any atom is 0.140 e. The van der Waals surface area contributed by atoms with Gasteiger partial charge in [-0.15, -0.1) is 6.42 Å². The van der Waals surface area contributed by atoms with E-state index in [0.29, 0.717) is 0 Å². The molecule has 0 saturated carbocycles. The minimum Gasteiger partial charge on any atom is -0.318 e. The second kappa shape index (κ2) is 6.08. The van der Waals surface area contributed by atoms with Crippen molar-refractivity contribution in [2.45, 2.75) is 32.6 Å². The lowest BCUT2D eigenvalue weighted by molar-refractivity contribution is -0.883. The van der Waals surface area contributed by atoms with Crippen LogP contribution in [0.1, 0.15) is 32.6 Å². The topological polar surface area (TPSA) is 0 Å². The van der Waals surface area contributed by atoms with Gasteiger partial charge < -0.3 is 4.48 Å². The van der Waals surface area contributed by atoms with Gasteiger partial charge in [0.25, 0.3) is 0 Å². The molecule has 0 radical (unpaired) electrons. The van der Waals surface area contributed by atoms with Crippen molar-refractivity contribution in [3.8, 4) is 12.3 Å². The Balaban J connectivity index is 3.42. The molecule has 0 aromatic heterocycles. The van der Waals surface area contributed by atoms with Gasteiger partial charge in [-0.3, -0.25) is 0 Å². The fourth-order valence-corrected chi connectivity index (χ4v) is 1.29. The Hall–Kier alpha value is -0.480. The molecule has 0 aliphatic carbocycles. The molecular weight excluding hydrogens is 146 g/mol. The maximum atomic E-state index is 5.28. The molecule has 12 heavy (non-hydrogen) atoms. The van der Waals surface area contributed by atoms with Gasteiger partial charge in [0.1, 0.15) is 6.54 Å². The van der Waals surface area contributed by atoms with E-state index in [9.17, 15) is 0 Å². The molecule has 0 atom stereocenters. The van der Waals surface area contributed by atoms with Crippen LogP contribution in [-0.2, 0) is 0 Å². The highest BCUT2D eigenvalue weighted by molar-refractivity contribution is 4.83. The Kier molecular flexibility index (Phi) is 5.84. The average Bonchev–Trinajstić information content (AvgIpc) is 1.98. The lowest BCUT2D eigenvalue weighted by Crippen LogP contribution is -2.40. The number of rotatable bonds is 6. The Bertz CT molecular complexity index is 142. The molecule has 0 bridgehead atoms. The zero-order valence-electron chi connectivity index (χ0n) is 8.77. The van der Waals surface area contributed by atoms with E-state index in [0.717, 1.165) is 11.0 Å². The zero-order valence-corrected chi connectivity index (χ0v) is 8.77. The molecule has 0 aliphatic rings. The van der Waals surface area contributed by atoms with Gasteiger partial charge in [0.2, 0.25) is 0 Å². The van der Waals surface area contributed by atoms with Gasteiger partial charge in [0.05, 0.1) is 20.6 Å². The molecule has 1 nitrogen and oxygen atoms in total. The van der Waals surface area contributed by atoms with Gasteiger partial charge in [0, 0.05) is 0 Å². The molecule has 0 rings (SSSR count). The molecule has 0 aliphatic heterocycles. The second-order valence-corrected chi connectivity index (χ2v) is 4.08. The first-order valence-corrected chi connectivity index (χ1v) is 4.88. The summed E-state index contributed by atoms with van der Waals surface area (Å²) in [6.07, 6.45) is 10.6. The summed E-state index contributed by atoms with van der Waals surface area (Å²) in [5, 5.41) is 0. The largest absolute Gasteiger partial charge is 0.318 e. The molecule has 70 valence electrons. The third-order valence-corrected chi connectivity index (χ3v) is 2.14. The van der Waals surface area contributed by atoms with Crippen LogP contribution in [0.2, 0.25) is 0 Å². The predicted molar refractivity (Wildman–Crippen MR) is 54.8 cm³/mol. The van der Waals surface area contributed by atoms with Crippen LogP contribution < -0.4 is 0 Å². The van der Waals surface area contributed by atoms with Gasteiger partial charge in [-0.2, -0.15) is 0 Å². The Morgan fingerprint density at radius 1 is 1.17 bits per heavy atom. The predicted octanol–water partition coefficient (Wildman–Crippen LogP) is 2.28. The molecule has 0 unspecified atom stereocenters. The summed E-state index contributed by atoms with van der Waals surface area (Å²) in [5.74, 6) is 2.72. The van der Waals surface area contributed by atoms with Crippen molar-refractivity contribution in [1.29, 1.82) is 0 Å². The quantitative estimate of drug-likeness (QED) is 0.324. The van der Waals surface area contributed by atoms with Crippen LogP contribution in [-0.4, -0.2) is 31.7 Å². The third-order valence-electron chi connectivity index (χ3n) is 2.14. The Morgan fingerprint density at radius 2 is 1.83 bits per heavy atom. The highest BCUT2D eigenvalue weighted by Gasteiger charge is 2.11. The summed E-state index contributed by atoms with van der Waals surface area (Å²) in [6.45, 7) is 4.30. The van der Waals surface area contributed by atoms with Crippen LogP contribution in [0, 0.1) is 12.3 Å². The van der Waals surface area contributed by atoms with Crippen LogP contribution in [0.25, 0.3) is 0 Å². The van der Waals surface area contributed by atoms with Crippen molar-refractivity contribution in [3.63, 3.8) is 0 Å². The van der Waals surface area contributed by atoms with E-state index in [2.05, 4.69) is 26.9 Å². The van der Waals surface area contributed by atoms with Crippen LogP contribution >= 0.6 is 0 Å². The number of hydrogen-bond acceptors (Lipinski definition) is 0. The standard InChI is InChI=1S/C11H22N/c1-5-7-8-9-11-12(3,4)10-6-2/h2H,5,7-11H2,1,3-4H3/q+1. The Labute approximate surface area is 77.4 Å². The molecule has 0 saturated heterocycles. The van der Waals surface area contributed by atoms with E-state index >= 15 is 0 Å². The third kappa shape index (κ3) is 6.24. The summed E-state index contributed by atoms with van der Waals surface area (Å²) >= 11 is 0. The van der Waals surface area contributed by atoms with Gasteiger partial charge >= 0.3 is 0 Å². The zero-order chi connectivity index (χ0) is 9.45. The molecule has 0 N–H and O–H groups in total. The van der Waals surface area contributed by atoms with Crippen molar-refractivity contribution in [3.05, 3.63) is 0 Å². The number of unbranched alkanes of at least 4 members (excludes halogenated alkanes) is 3. The smallest absolute Gasteiger partial charge is 0.140 e. The van der Waals surface area contributed by atoms with Crippen LogP contribution in [0.15, 0.2) is 0 Å². The SMILES string of the molecule is C#CC[N+](C)(C)CCCCCC. The van der Waals surface area contributed by atoms with E-state index in [-0.39, 0.29) is 0 Å². The van der Waals surface area contributed by atoms with E-state index < -0.39 is 0 Å². The first-order chi connectivity index (χ1) is 5.62. The minimum atomic E-state index is 0.853. The van der Waals surface area contributed by atoms with Crippen molar-refractivity contribution in [1.82, 2.24) is 0 Å². The molecular formula is C11H22N+.